The Bertz CT molecular complexity index is 993. The first-order valence-corrected chi connectivity index (χ1v) is 8.68. The zero-order valence-electron chi connectivity index (χ0n) is 15.8. The second-order valence-electron chi connectivity index (χ2n) is 6.10. The zero-order valence-corrected chi connectivity index (χ0v) is 15.8. The van der Waals surface area contributed by atoms with Gasteiger partial charge in [0.1, 0.15) is 6.54 Å². The van der Waals surface area contributed by atoms with Crippen LogP contribution in [0.15, 0.2) is 42.5 Å². The van der Waals surface area contributed by atoms with Gasteiger partial charge in [0, 0.05) is 12.1 Å². The molecule has 1 amide bonds. The van der Waals surface area contributed by atoms with Crippen molar-refractivity contribution in [3.8, 4) is 22.9 Å². The summed E-state index contributed by atoms with van der Waals surface area (Å²) in [6.07, 6.45) is 0. The first-order valence-electron chi connectivity index (χ1n) is 8.68. The van der Waals surface area contributed by atoms with Crippen molar-refractivity contribution in [3.63, 3.8) is 0 Å². The summed E-state index contributed by atoms with van der Waals surface area (Å²) in [5.74, 6) is 0.187. The van der Waals surface area contributed by atoms with Crippen LogP contribution >= 0.6 is 0 Å². The van der Waals surface area contributed by atoms with Crippen molar-refractivity contribution in [2.45, 2.75) is 26.6 Å². The SMILES string of the molecule is COc1cc(CNC(=O)Cn2nnc(-c3ccccc3C)n2)ccc1OC(F)F. The number of amides is 1. The van der Waals surface area contributed by atoms with E-state index in [0.717, 1.165) is 11.1 Å². The topological polar surface area (TPSA) is 91.2 Å². The highest BCUT2D eigenvalue weighted by Crippen LogP contribution is 2.29. The van der Waals surface area contributed by atoms with Crippen molar-refractivity contribution in [3.05, 3.63) is 53.6 Å². The lowest BCUT2D eigenvalue weighted by Gasteiger charge is -2.11. The van der Waals surface area contributed by atoms with Crippen LogP contribution in [0, 0.1) is 6.92 Å². The highest BCUT2D eigenvalue weighted by atomic mass is 19.3. The highest BCUT2D eigenvalue weighted by Gasteiger charge is 2.13. The van der Waals surface area contributed by atoms with Crippen molar-refractivity contribution in [2.24, 2.45) is 0 Å². The summed E-state index contributed by atoms with van der Waals surface area (Å²) in [5.41, 5.74) is 2.51. The number of hydrogen-bond acceptors (Lipinski definition) is 6. The van der Waals surface area contributed by atoms with E-state index in [9.17, 15) is 13.6 Å². The summed E-state index contributed by atoms with van der Waals surface area (Å²) < 4.78 is 34.2. The number of hydrogen-bond donors (Lipinski definition) is 1. The molecule has 152 valence electrons. The molecule has 1 N–H and O–H groups in total. The molecular formula is C19H19F2N5O3. The quantitative estimate of drug-likeness (QED) is 0.622. The molecule has 3 rings (SSSR count). The molecule has 0 bridgehead atoms. The van der Waals surface area contributed by atoms with Crippen LogP contribution in [-0.2, 0) is 17.9 Å². The van der Waals surface area contributed by atoms with Crippen LogP contribution in [-0.4, -0.2) is 39.8 Å². The van der Waals surface area contributed by atoms with Gasteiger partial charge in [-0.25, -0.2) is 0 Å². The molecule has 10 heteroatoms. The summed E-state index contributed by atoms with van der Waals surface area (Å²) in [5, 5.41) is 14.8. The third-order valence-corrected chi connectivity index (χ3v) is 4.06. The average Bonchev–Trinajstić information content (AvgIpc) is 3.15. The number of carbonyl (C=O) groups excluding carboxylic acids is 1. The number of aryl methyl sites for hydroxylation is 1. The lowest BCUT2D eigenvalue weighted by Crippen LogP contribution is -2.28. The van der Waals surface area contributed by atoms with E-state index in [1.54, 1.807) is 6.07 Å². The van der Waals surface area contributed by atoms with E-state index in [-0.39, 0.29) is 30.5 Å². The molecule has 1 aromatic heterocycles. The van der Waals surface area contributed by atoms with Crippen molar-refractivity contribution >= 4 is 5.91 Å². The van der Waals surface area contributed by atoms with Crippen molar-refractivity contribution in [2.75, 3.05) is 7.11 Å². The Balaban J connectivity index is 1.59. The van der Waals surface area contributed by atoms with Crippen LogP contribution in [0.4, 0.5) is 8.78 Å². The van der Waals surface area contributed by atoms with Gasteiger partial charge in [0.25, 0.3) is 0 Å². The van der Waals surface area contributed by atoms with Gasteiger partial charge in [-0.2, -0.15) is 13.6 Å². The van der Waals surface area contributed by atoms with Crippen LogP contribution < -0.4 is 14.8 Å². The Morgan fingerprint density at radius 3 is 2.72 bits per heavy atom. The fourth-order valence-electron chi connectivity index (χ4n) is 2.64. The molecular weight excluding hydrogens is 384 g/mol. The lowest BCUT2D eigenvalue weighted by atomic mass is 10.1. The van der Waals surface area contributed by atoms with Crippen molar-refractivity contribution < 1.29 is 23.0 Å². The number of alkyl halides is 2. The Morgan fingerprint density at radius 1 is 1.21 bits per heavy atom. The van der Waals surface area contributed by atoms with E-state index in [2.05, 4.69) is 25.5 Å². The van der Waals surface area contributed by atoms with Crippen LogP contribution in [0.1, 0.15) is 11.1 Å². The number of rotatable bonds is 8. The standard InChI is InChI=1S/C19H19F2N5O3/c1-12-5-3-4-6-14(12)18-23-25-26(24-18)11-17(27)22-10-13-7-8-15(29-19(20)21)16(9-13)28-2/h3-9,19H,10-11H2,1-2H3,(H,22,27). The average molecular weight is 403 g/mol. The summed E-state index contributed by atoms with van der Waals surface area (Å²) in [6.45, 7) is -0.949. The van der Waals surface area contributed by atoms with Gasteiger partial charge in [0.05, 0.1) is 7.11 Å². The number of tetrazole rings is 1. The van der Waals surface area contributed by atoms with Gasteiger partial charge in [-0.1, -0.05) is 30.3 Å². The minimum absolute atomic E-state index is 0.0758. The number of nitrogens with zero attached hydrogens (tertiary/aromatic N) is 4. The highest BCUT2D eigenvalue weighted by molar-refractivity contribution is 5.75. The smallest absolute Gasteiger partial charge is 0.387 e. The molecule has 2 aromatic carbocycles. The summed E-state index contributed by atoms with van der Waals surface area (Å²) in [7, 11) is 1.35. The summed E-state index contributed by atoms with van der Waals surface area (Å²) in [4.78, 5) is 13.4. The number of carbonyl (C=O) groups is 1. The van der Waals surface area contributed by atoms with Crippen LogP contribution in [0.3, 0.4) is 0 Å². The van der Waals surface area contributed by atoms with E-state index in [1.165, 1.54) is 24.0 Å². The molecule has 8 nitrogen and oxygen atoms in total. The predicted molar refractivity (Wildman–Crippen MR) is 99.5 cm³/mol. The van der Waals surface area contributed by atoms with Gasteiger partial charge in [-0.15, -0.1) is 10.2 Å². The maximum Gasteiger partial charge on any atom is 0.387 e. The molecule has 0 spiro atoms. The fourth-order valence-corrected chi connectivity index (χ4v) is 2.64. The largest absolute Gasteiger partial charge is 0.493 e. The molecule has 1 heterocycles. The van der Waals surface area contributed by atoms with Crippen LogP contribution in [0.2, 0.25) is 0 Å². The number of nitrogens with one attached hydrogen (secondary N) is 1. The fraction of sp³-hybridized carbons (Fsp3) is 0.263. The van der Waals surface area contributed by atoms with Crippen molar-refractivity contribution in [1.29, 1.82) is 0 Å². The second kappa shape index (κ2) is 9.09. The second-order valence-corrected chi connectivity index (χ2v) is 6.10. The maximum absolute atomic E-state index is 12.4. The zero-order chi connectivity index (χ0) is 20.8. The predicted octanol–water partition coefficient (Wildman–Crippen LogP) is 2.57. The molecule has 0 saturated heterocycles. The summed E-state index contributed by atoms with van der Waals surface area (Å²) in [6, 6.07) is 12.0. The van der Waals surface area contributed by atoms with Gasteiger partial charge in [-0.05, 0) is 35.4 Å². The summed E-state index contributed by atoms with van der Waals surface area (Å²) >= 11 is 0. The van der Waals surface area contributed by atoms with E-state index < -0.39 is 6.61 Å². The maximum atomic E-state index is 12.4. The Labute approximate surface area is 165 Å². The normalized spacial score (nSPS) is 10.8. The number of methoxy groups -OCH3 is 1. The Kier molecular flexibility index (Phi) is 6.32. The molecule has 0 radical (unpaired) electrons. The molecule has 0 aliphatic rings. The van der Waals surface area contributed by atoms with Crippen LogP contribution in [0.5, 0.6) is 11.5 Å². The monoisotopic (exact) mass is 403 g/mol. The van der Waals surface area contributed by atoms with E-state index >= 15 is 0 Å². The number of benzene rings is 2. The minimum Gasteiger partial charge on any atom is -0.493 e. The van der Waals surface area contributed by atoms with E-state index in [1.807, 2.05) is 31.2 Å². The molecule has 29 heavy (non-hydrogen) atoms. The molecule has 0 aliphatic heterocycles. The van der Waals surface area contributed by atoms with E-state index in [4.69, 9.17) is 4.74 Å². The van der Waals surface area contributed by atoms with Gasteiger partial charge in [0.2, 0.25) is 11.7 Å². The third kappa shape index (κ3) is 5.24. The lowest BCUT2D eigenvalue weighted by molar-refractivity contribution is -0.122. The first kappa shape index (κ1) is 20.2. The first-order chi connectivity index (χ1) is 14.0. The number of aromatic nitrogens is 4. The molecule has 0 fully saturated rings. The minimum atomic E-state index is -2.95. The van der Waals surface area contributed by atoms with Crippen LogP contribution in [0.25, 0.3) is 11.4 Å². The Hall–Kier alpha value is -3.56. The van der Waals surface area contributed by atoms with Gasteiger partial charge in [-0.3, -0.25) is 4.79 Å². The van der Waals surface area contributed by atoms with Gasteiger partial charge >= 0.3 is 6.61 Å². The number of ether oxygens (including phenoxy) is 2. The third-order valence-electron chi connectivity index (χ3n) is 4.06. The molecule has 3 aromatic rings. The Morgan fingerprint density at radius 2 is 2.00 bits per heavy atom. The van der Waals surface area contributed by atoms with E-state index in [0.29, 0.717) is 11.4 Å². The molecule has 0 aliphatic carbocycles. The molecule has 0 atom stereocenters. The number of halogens is 2. The van der Waals surface area contributed by atoms with Crippen molar-refractivity contribution in [1.82, 2.24) is 25.5 Å². The van der Waals surface area contributed by atoms with Gasteiger partial charge in [0.15, 0.2) is 11.5 Å². The molecule has 0 unspecified atom stereocenters. The van der Waals surface area contributed by atoms with Gasteiger partial charge < -0.3 is 14.8 Å². The molecule has 0 saturated carbocycles.